The van der Waals surface area contributed by atoms with E-state index in [2.05, 4.69) is 15.9 Å². The van der Waals surface area contributed by atoms with E-state index in [4.69, 9.17) is 5.26 Å². The smallest absolute Gasteiger partial charge is 0.0621 e. The summed E-state index contributed by atoms with van der Waals surface area (Å²) in [5.74, 6) is 0. The van der Waals surface area contributed by atoms with Crippen molar-refractivity contribution in [1.29, 1.82) is 5.26 Å². The summed E-state index contributed by atoms with van der Waals surface area (Å²) in [5.41, 5.74) is 0. The van der Waals surface area contributed by atoms with Crippen molar-refractivity contribution in [2.75, 3.05) is 32.7 Å². The molecule has 0 aromatic carbocycles. The maximum atomic E-state index is 8.44. The highest BCUT2D eigenvalue weighted by atomic mass is 15.3. The number of rotatable bonds is 5. The minimum atomic E-state index is 0.724. The summed E-state index contributed by atoms with van der Waals surface area (Å²) >= 11 is 0. The molecule has 2 aliphatic rings. The first-order valence-corrected chi connectivity index (χ1v) is 6.23. The van der Waals surface area contributed by atoms with Crippen LogP contribution in [-0.2, 0) is 0 Å². The minimum absolute atomic E-state index is 0.724. The Morgan fingerprint density at radius 2 is 1.80 bits per heavy atom. The molecule has 2 fully saturated rings. The first kappa shape index (κ1) is 10.9. The Hall–Kier alpha value is -0.590. The molecule has 1 aliphatic carbocycles. The van der Waals surface area contributed by atoms with E-state index in [1.54, 1.807) is 0 Å². The van der Waals surface area contributed by atoms with Crippen molar-refractivity contribution in [3.8, 4) is 6.07 Å². The van der Waals surface area contributed by atoms with E-state index in [0.29, 0.717) is 0 Å². The quantitative estimate of drug-likeness (QED) is 0.639. The minimum Gasteiger partial charge on any atom is -0.301 e. The third-order valence-corrected chi connectivity index (χ3v) is 3.48. The summed E-state index contributed by atoms with van der Waals surface area (Å²) < 4.78 is 0. The molecule has 1 aliphatic heterocycles. The van der Waals surface area contributed by atoms with Gasteiger partial charge < -0.3 is 4.90 Å². The molecule has 0 N–H and O–H groups in total. The van der Waals surface area contributed by atoms with Gasteiger partial charge in [-0.25, -0.2) is 0 Å². The summed E-state index contributed by atoms with van der Waals surface area (Å²) in [6.07, 6.45) is 5.85. The van der Waals surface area contributed by atoms with Gasteiger partial charge in [0.2, 0.25) is 0 Å². The van der Waals surface area contributed by atoms with Crippen molar-refractivity contribution >= 4 is 0 Å². The van der Waals surface area contributed by atoms with E-state index in [-0.39, 0.29) is 0 Å². The van der Waals surface area contributed by atoms with E-state index in [1.807, 2.05) is 0 Å². The van der Waals surface area contributed by atoms with Gasteiger partial charge >= 0.3 is 0 Å². The first-order chi connectivity index (χ1) is 7.40. The van der Waals surface area contributed by atoms with Gasteiger partial charge in [-0.05, 0) is 32.2 Å². The second kappa shape index (κ2) is 5.48. The maximum absolute atomic E-state index is 8.44. The molecule has 0 bridgehead atoms. The lowest BCUT2D eigenvalue weighted by Gasteiger charge is -2.34. The largest absolute Gasteiger partial charge is 0.301 e. The predicted molar refractivity (Wildman–Crippen MR) is 60.5 cm³/mol. The normalized spacial score (nSPS) is 23.9. The molecule has 1 heterocycles. The number of nitriles is 1. The SMILES string of the molecule is N#CCCCCN1CCN(C2CC2)CC1. The van der Waals surface area contributed by atoms with Gasteiger partial charge in [-0.2, -0.15) is 5.26 Å². The Morgan fingerprint density at radius 3 is 2.40 bits per heavy atom. The third-order valence-electron chi connectivity index (χ3n) is 3.48. The van der Waals surface area contributed by atoms with Crippen molar-refractivity contribution in [3.05, 3.63) is 0 Å². The van der Waals surface area contributed by atoms with Crippen molar-refractivity contribution in [2.45, 2.75) is 38.1 Å². The van der Waals surface area contributed by atoms with Crippen LogP contribution in [0.15, 0.2) is 0 Å². The molecule has 3 nitrogen and oxygen atoms in total. The molecule has 1 saturated heterocycles. The van der Waals surface area contributed by atoms with Crippen LogP contribution in [0.3, 0.4) is 0 Å². The second-order valence-electron chi connectivity index (χ2n) is 4.72. The van der Waals surface area contributed by atoms with E-state index < -0.39 is 0 Å². The standard InChI is InChI=1S/C12H21N3/c13-6-2-1-3-7-14-8-10-15(11-9-14)12-4-5-12/h12H,1-5,7-11H2. The maximum Gasteiger partial charge on any atom is 0.0621 e. The number of unbranched alkanes of at least 4 members (excludes halogenated alkanes) is 2. The second-order valence-corrected chi connectivity index (χ2v) is 4.72. The van der Waals surface area contributed by atoms with Gasteiger partial charge in [0.15, 0.2) is 0 Å². The number of nitrogens with zero attached hydrogens (tertiary/aromatic N) is 3. The Balaban J connectivity index is 1.55. The molecule has 0 spiro atoms. The Bertz CT molecular complexity index is 222. The summed E-state index contributed by atoms with van der Waals surface area (Å²) in [4.78, 5) is 5.20. The molecule has 0 aromatic heterocycles. The molecular weight excluding hydrogens is 186 g/mol. The van der Waals surface area contributed by atoms with Gasteiger partial charge in [0, 0.05) is 38.6 Å². The summed E-state index contributed by atoms with van der Waals surface area (Å²) in [6.45, 7) is 6.21. The molecule has 3 heteroatoms. The molecule has 15 heavy (non-hydrogen) atoms. The predicted octanol–water partition coefficient (Wildman–Crippen LogP) is 1.46. The van der Waals surface area contributed by atoms with Crippen LogP contribution in [-0.4, -0.2) is 48.6 Å². The fourth-order valence-corrected chi connectivity index (χ4v) is 2.33. The number of hydrogen-bond donors (Lipinski definition) is 0. The van der Waals surface area contributed by atoms with Gasteiger partial charge in [0.05, 0.1) is 6.07 Å². The van der Waals surface area contributed by atoms with Crippen LogP contribution < -0.4 is 0 Å². The molecule has 1 saturated carbocycles. The molecule has 84 valence electrons. The van der Waals surface area contributed by atoms with E-state index in [1.165, 1.54) is 52.0 Å². The van der Waals surface area contributed by atoms with Gasteiger partial charge in [0.1, 0.15) is 0 Å². The van der Waals surface area contributed by atoms with Crippen molar-refractivity contribution in [2.24, 2.45) is 0 Å². The lowest BCUT2D eigenvalue weighted by atomic mass is 10.2. The van der Waals surface area contributed by atoms with E-state index in [9.17, 15) is 0 Å². The zero-order valence-corrected chi connectivity index (χ0v) is 9.49. The average molecular weight is 207 g/mol. The first-order valence-electron chi connectivity index (χ1n) is 6.23. The van der Waals surface area contributed by atoms with Crippen LogP contribution in [0.1, 0.15) is 32.1 Å². The van der Waals surface area contributed by atoms with Gasteiger partial charge in [0.25, 0.3) is 0 Å². The van der Waals surface area contributed by atoms with Crippen molar-refractivity contribution in [3.63, 3.8) is 0 Å². The monoisotopic (exact) mass is 207 g/mol. The highest BCUT2D eigenvalue weighted by Crippen LogP contribution is 2.27. The van der Waals surface area contributed by atoms with Gasteiger partial charge in [-0.1, -0.05) is 0 Å². The summed E-state index contributed by atoms with van der Waals surface area (Å²) in [7, 11) is 0. The highest BCUT2D eigenvalue weighted by Gasteiger charge is 2.30. The van der Waals surface area contributed by atoms with Crippen LogP contribution in [0.5, 0.6) is 0 Å². The molecule has 0 radical (unpaired) electrons. The zero-order valence-electron chi connectivity index (χ0n) is 9.49. The topological polar surface area (TPSA) is 30.3 Å². The molecule has 0 amide bonds. The third kappa shape index (κ3) is 3.48. The van der Waals surface area contributed by atoms with E-state index >= 15 is 0 Å². The Kier molecular flexibility index (Phi) is 3.99. The molecule has 0 unspecified atom stereocenters. The Labute approximate surface area is 92.7 Å². The van der Waals surface area contributed by atoms with Gasteiger partial charge in [-0.3, -0.25) is 4.90 Å². The van der Waals surface area contributed by atoms with Crippen LogP contribution in [0.2, 0.25) is 0 Å². The van der Waals surface area contributed by atoms with Gasteiger partial charge in [-0.15, -0.1) is 0 Å². The van der Waals surface area contributed by atoms with Crippen molar-refractivity contribution < 1.29 is 0 Å². The Morgan fingerprint density at radius 1 is 1.07 bits per heavy atom. The summed E-state index contributed by atoms with van der Waals surface area (Å²) in [5, 5.41) is 8.44. The average Bonchev–Trinajstić information content (AvgIpc) is 3.09. The number of hydrogen-bond acceptors (Lipinski definition) is 3. The molecule has 0 atom stereocenters. The molecule has 2 rings (SSSR count). The molecule has 0 aromatic rings. The molecular formula is C12H21N3. The van der Waals surface area contributed by atoms with Crippen LogP contribution in [0.25, 0.3) is 0 Å². The van der Waals surface area contributed by atoms with Crippen LogP contribution in [0.4, 0.5) is 0 Å². The number of piperazine rings is 1. The lowest BCUT2D eigenvalue weighted by Crippen LogP contribution is -2.47. The van der Waals surface area contributed by atoms with E-state index in [0.717, 1.165) is 18.9 Å². The van der Waals surface area contributed by atoms with Crippen LogP contribution in [0, 0.1) is 11.3 Å². The fraction of sp³-hybridized carbons (Fsp3) is 0.917. The zero-order chi connectivity index (χ0) is 10.5. The lowest BCUT2D eigenvalue weighted by molar-refractivity contribution is 0.125. The summed E-state index contributed by atoms with van der Waals surface area (Å²) in [6, 6.07) is 3.14. The highest BCUT2D eigenvalue weighted by molar-refractivity contribution is 4.87. The van der Waals surface area contributed by atoms with Crippen LogP contribution >= 0.6 is 0 Å². The van der Waals surface area contributed by atoms with Crippen molar-refractivity contribution in [1.82, 2.24) is 9.80 Å². The fourth-order valence-electron chi connectivity index (χ4n) is 2.33.